The predicted molar refractivity (Wildman–Crippen MR) is 52.0 cm³/mol. The van der Waals surface area contributed by atoms with Gasteiger partial charge in [0.1, 0.15) is 0 Å². The molecule has 1 rings (SSSR count). The first kappa shape index (κ1) is 11.0. The summed E-state index contributed by atoms with van der Waals surface area (Å²) in [5.74, 6) is 0.464. The van der Waals surface area contributed by atoms with Crippen LogP contribution in [0.5, 0.6) is 0 Å². The van der Waals surface area contributed by atoms with Gasteiger partial charge in [-0.25, -0.2) is 0 Å². The summed E-state index contributed by atoms with van der Waals surface area (Å²) in [6.45, 7) is 3.68. The first-order valence-corrected chi connectivity index (χ1v) is 6.54. The van der Waals surface area contributed by atoms with E-state index in [4.69, 9.17) is 4.18 Å². The third-order valence-electron chi connectivity index (χ3n) is 2.66. The molecule has 0 spiro atoms. The lowest BCUT2D eigenvalue weighted by Gasteiger charge is -2.27. The molecule has 1 fully saturated rings. The Morgan fingerprint density at radius 2 is 1.92 bits per heavy atom. The standard InChI is InChI=1S/C9H18O3S/c1-3-13(10,11)12-9-7-5-4-6-8(9)2/h8-9H,3-7H2,1-2H3. The lowest BCUT2D eigenvalue weighted by Crippen LogP contribution is -2.28. The van der Waals surface area contributed by atoms with Gasteiger partial charge >= 0.3 is 0 Å². The van der Waals surface area contributed by atoms with Crippen molar-refractivity contribution in [1.29, 1.82) is 0 Å². The van der Waals surface area contributed by atoms with Crippen LogP contribution < -0.4 is 0 Å². The fourth-order valence-corrected chi connectivity index (χ4v) is 2.48. The average molecular weight is 206 g/mol. The van der Waals surface area contributed by atoms with Crippen LogP contribution in [-0.2, 0) is 14.3 Å². The van der Waals surface area contributed by atoms with E-state index in [0.717, 1.165) is 19.3 Å². The van der Waals surface area contributed by atoms with Crippen LogP contribution in [-0.4, -0.2) is 20.3 Å². The van der Waals surface area contributed by atoms with E-state index < -0.39 is 10.1 Å². The molecule has 0 N–H and O–H groups in total. The minimum atomic E-state index is -3.25. The zero-order valence-electron chi connectivity index (χ0n) is 8.32. The van der Waals surface area contributed by atoms with Gasteiger partial charge in [0.15, 0.2) is 0 Å². The van der Waals surface area contributed by atoms with Crippen LogP contribution in [0.3, 0.4) is 0 Å². The zero-order chi connectivity index (χ0) is 9.90. The molecule has 0 bridgehead atoms. The molecule has 0 aromatic carbocycles. The van der Waals surface area contributed by atoms with Crippen molar-refractivity contribution in [3.05, 3.63) is 0 Å². The molecule has 0 aliphatic heterocycles. The van der Waals surface area contributed by atoms with Gasteiger partial charge < -0.3 is 0 Å². The van der Waals surface area contributed by atoms with Crippen molar-refractivity contribution in [2.45, 2.75) is 45.6 Å². The molecule has 3 nitrogen and oxygen atoms in total. The molecule has 0 aromatic rings. The van der Waals surface area contributed by atoms with Crippen LogP contribution in [0.1, 0.15) is 39.5 Å². The highest BCUT2D eigenvalue weighted by Crippen LogP contribution is 2.27. The molecule has 0 aromatic heterocycles. The van der Waals surface area contributed by atoms with Gasteiger partial charge in [-0.1, -0.05) is 19.8 Å². The highest BCUT2D eigenvalue weighted by molar-refractivity contribution is 7.86. The van der Waals surface area contributed by atoms with Gasteiger partial charge in [-0.05, 0) is 25.7 Å². The molecule has 0 heterocycles. The van der Waals surface area contributed by atoms with Gasteiger partial charge in [0.2, 0.25) is 0 Å². The second-order valence-electron chi connectivity index (χ2n) is 3.74. The number of rotatable bonds is 3. The van der Waals surface area contributed by atoms with E-state index in [1.54, 1.807) is 6.92 Å². The molecule has 0 saturated heterocycles. The SMILES string of the molecule is CCS(=O)(=O)OC1CCCCC1C. The van der Waals surface area contributed by atoms with Crippen LogP contribution >= 0.6 is 0 Å². The lowest BCUT2D eigenvalue weighted by atomic mass is 9.88. The fraction of sp³-hybridized carbons (Fsp3) is 1.00. The lowest BCUT2D eigenvalue weighted by molar-refractivity contribution is 0.109. The van der Waals surface area contributed by atoms with Crippen molar-refractivity contribution in [1.82, 2.24) is 0 Å². The summed E-state index contributed by atoms with van der Waals surface area (Å²) in [4.78, 5) is 0. The highest BCUT2D eigenvalue weighted by atomic mass is 32.2. The number of hydrogen-bond acceptors (Lipinski definition) is 3. The Bertz CT molecular complexity index is 246. The largest absolute Gasteiger partial charge is 0.267 e. The van der Waals surface area contributed by atoms with E-state index in [1.807, 2.05) is 0 Å². The summed E-state index contributed by atoms with van der Waals surface area (Å²) in [5.41, 5.74) is 0. The van der Waals surface area contributed by atoms with Crippen LogP contribution in [0.2, 0.25) is 0 Å². The highest BCUT2D eigenvalue weighted by Gasteiger charge is 2.26. The molecule has 2 unspecified atom stereocenters. The maximum Gasteiger partial charge on any atom is 0.267 e. The first-order valence-electron chi connectivity index (χ1n) is 4.96. The van der Waals surface area contributed by atoms with Gasteiger partial charge in [-0.2, -0.15) is 8.42 Å². The molecule has 78 valence electrons. The molecular weight excluding hydrogens is 188 g/mol. The van der Waals surface area contributed by atoms with E-state index in [0.29, 0.717) is 5.92 Å². The summed E-state index contributed by atoms with van der Waals surface area (Å²) in [5, 5.41) is 0. The third kappa shape index (κ3) is 3.27. The molecule has 13 heavy (non-hydrogen) atoms. The predicted octanol–water partition coefficient (Wildman–Crippen LogP) is 1.93. The average Bonchev–Trinajstić information content (AvgIpc) is 2.09. The fourth-order valence-electron chi connectivity index (χ4n) is 1.68. The Balaban J connectivity index is 2.52. The quantitative estimate of drug-likeness (QED) is 0.663. The summed E-state index contributed by atoms with van der Waals surface area (Å²) in [6, 6.07) is 0. The zero-order valence-corrected chi connectivity index (χ0v) is 9.14. The van der Waals surface area contributed by atoms with E-state index in [-0.39, 0.29) is 11.9 Å². The van der Waals surface area contributed by atoms with E-state index in [2.05, 4.69) is 6.92 Å². The first-order chi connectivity index (χ1) is 6.05. The van der Waals surface area contributed by atoms with Gasteiger partial charge in [0, 0.05) is 0 Å². The van der Waals surface area contributed by atoms with Crippen molar-refractivity contribution in [3.63, 3.8) is 0 Å². The minimum Gasteiger partial charge on any atom is -0.266 e. The van der Waals surface area contributed by atoms with Crippen LogP contribution in [0.25, 0.3) is 0 Å². The smallest absolute Gasteiger partial charge is 0.266 e. The monoisotopic (exact) mass is 206 g/mol. The Labute approximate surface area is 80.6 Å². The summed E-state index contributed by atoms with van der Waals surface area (Å²) >= 11 is 0. The van der Waals surface area contributed by atoms with Crippen molar-refractivity contribution >= 4 is 10.1 Å². The Kier molecular flexibility index (Phi) is 3.74. The maximum absolute atomic E-state index is 11.2. The van der Waals surface area contributed by atoms with Crippen LogP contribution in [0, 0.1) is 5.92 Å². The second kappa shape index (κ2) is 4.42. The van der Waals surface area contributed by atoms with E-state index in [9.17, 15) is 8.42 Å². The molecular formula is C9H18O3S. The summed E-state index contributed by atoms with van der Waals surface area (Å²) < 4.78 is 27.5. The maximum atomic E-state index is 11.2. The molecule has 1 saturated carbocycles. The van der Waals surface area contributed by atoms with Gasteiger partial charge in [0.25, 0.3) is 10.1 Å². The van der Waals surface area contributed by atoms with Gasteiger partial charge in [-0.15, -0.1) is 0 Å². The van der Waals surface area contributed by atoms with Crippen molar-refractivity contribution < 1.29 is 12.6 Å². The molecule has 0 amide bonds. The van der Waals surface area contributed by atoms with Gasteiger partial charge in [-0.3, -0.25) is 4.18 Å². The molecule has 2 atom stereocenters. The van der Waals surface area contributed by atoms with E-state index >= 15 is 0 Å². The van der Waals surface area contributed by atoms with Crippen LogP contribution in [0.4, 0.5) is 0 Å². The third-order valence-corrected chi connectivity index (χ3v) is 3.90. The topological polar surface area (TPSA) is 43.4 Å². The molecule has 0 radical (unpaired) electrons. The van der Waals surface area contributed by atoms with Crippen molar-refractivity contribution in [3.8, 4) is 0 Å². The van der Waals surface area contributed by atoms with Crippen molar-refractivity contribution in [2.75, 3.05) is 5.75 Å². The Morgan fingerprint density at radius 1 is 1.31 bits per heavy atom. The Hall–Kier alpha value is -0.0900. The molecule has 4 heteroatoms. The van der Waals surface area contributed by atoms with Crippen molar-refractivity contribution in [2.24, 2.45) is 5.92 Å². The van der Waals surface area contributed by atoms with Gasteiger partial charge in [0.05, 0.1) is 11.9 Å². The minimum absolute atomic E-state index is 0.0706. The Morgan fingerprint density at radius 3 is 2.46 bits per heavy atom. The van der Waals surface area contributed by atoms with Crippen LogP contribution in [0.15, 0.2) is 0 Å². The number of hydrogen-bond donors (Lipinski definition) is 0. The normalized spacial score (nSPS) is 30.3. The molecule has 1 aliphatic rings. The summed E-state index contributed by atoms with van der Waals surface area (Å²) in [6.07, 6.45) is 4.20. The summed E-state index contributed by atoms with van der Waals surface area (Å²) in [7, 11) is -3.25. The second-order valence-corrected chi connectivity index (χ2v) is 5.63. The molecule has 1 aliphatic carbocycles. The van der Waals surface area contributed by atoms with E-state index in [1.165, 1.54) is 6.42 Å².